The molecule has 0 amide bonds. The van der Waals surface area contributed by atoms with Crippen molar-refractivity contribution in [3.05, 3.63) is 37.6 Å². The van der Waals surface area contributed by atoms with Crippen LogP contribution in [0.4, 0.5) is 17.1 Å². The van der Waals surface area contributed by atoms with Crippen LogP contribution in [-0.2, 0) is 14.9 Å². The van der Waals surface area contributed by atoms with E-state index in [2.05, 4.69) is 10.6 Å². The lowest BCUT2D eigenvalue weighted by Crippen LogP contribution is -2.39. The molecule has 1 aliphatic heterocycles. The Morgan fingerprint density at radius 2 is 1.96 bits per heavy atom. The van der Waals surface area contributed by atoms with Gasteiger partial charge in [0.05, 0.1) is 17.8 Å². The molecule has 0 aliphatic carbocycles. The maximum atomic E-state index is 12.5. The highest BCUT2D eigenvalue weighted by molar-refractivity contribution is 7.99. The first-order chi connectivity index (χ1) is 13.2. The average molecular weight is 448 g/mol. The van der Waals surface area contributed by atoms with Crippen molar-refractivity contribution >= 4 is 50.4 Å². The molecule has 1 heterocycles. The van der Waals surface area contributed by atoms with Gasteiger partial charge in [-0.25, -0.2) is 8.42 Å². The number of hydroxylamine groups is 1. The normalized spacial score (nSPS) is 17.4. The van der Waals surface area contributed by atoms with Crippen molar-refractivity contribution in [3.63, 3.8) is 0 Å². The zero-order valence-electron chi connectivity index (χ0n) is 15.0. The molecule has 0 aromatic heterocycles. The van der Waals surface area contributed by atoms with Crippen molar-refractivity contribution in [2.24, 2.45) is 0 Å². The average Bonchev–Trinajstić information content (AvgIpc) is 3.18. The summed E-state index contributed by atoms with van der Waals surface area (Å²) in [5, 5.41) is 16.0. The zero-order valence-corrected chi connectivity index (χ0v) is 17.4. The number of thioether (sulfide) groups is 1. The fourth-order valence-electron chi connectivity index (χ4n) is 2.76. The summed E-state index contributed by atoms with van der Waals surface area (Å²) in [5.41, 5.74) is -1.38. The Bertz CT molecular complexity index is 1080. The Hall–Kier alpha value is -1.79. The van der Waals surface area contributed by atoms with Crippen LogP contribution >= 0.6 is 23.4 Å². The number of aromatic hydroxyl groups is 1. The topological polar surface area (TPSA) is 125 Å². The van der Waals surface area contributed by atoms with Crippen LogP contribution in [-0.4, -0.2) is 49.7 Å². The smallest absolute Gasteiger partial charge is 0.269 e. The van der Waals surface area contributed by atoms with E-state index in [4.69, 9.17) is 16.4 Å². The first-order valence-corrected chi connectivity index (χ1v) is 11.1. The molecule has 28 heavy (non-hydrogen) atoms. The molecule has 0 spiro atoms. The molecule has 3 N–H and O–H groups in total. The van der Waals surface area contributed by atoms with Gasteiger partial charge in [-0.1, -0.05) is 16.1 Å². The van der Waals surface area contributed by atoms with Crippen molar-refractivity contribution in [2.75, 3.05) is 36.3 Å². The minimum Gasteiger partial charge on any atom is -0.504 e. The second-order valence-electron chi connectivity index (χ2n) is 6.11. The van der Waals surface area contributed by atoms with Crippen LogP contribution in [0.15, 0.2) is 26.6 Å². The number of hydrogen-bond acceptors (Lipinski definition) is 9. The van der Waals surface area contributed by atoms with Crippen molar-refractivity contribution in [2.45, 2.75) is 17.4 Å². The van der Waals surface area contributed by atoms with Gasteiger partial charge in [-0.15, -0.1) is 0 Å². The van der Waals surface area contributed by atoms with Crippen molar-refractivity contribution in [1.29, 1.82) is 0 Å². The maximum Gasteiger partial charge on any atom is 0.269 e. The standard InChI is InChI=1S/C16H18ClN3O6S2/c1-20(26-2)28(24,25)16-9(17)3-4-10(13(16)21)19-12-11(14(22)15(12)23)18-8-5-6-27-7-8/h3-4,8,18-19,21H,5-7H2,1-2H3/t8-/m0/s1. The summed E-state index contributed by atoms with van der Waals surface area (Å²) in [4.78, 5) is 28.0. The minimum atomic E-state index is -4.25. The van der Waals surface area contributed by atoms with E-state index in [1.54, 1.807) is 11.8 Å². The third kappa shape index (κ3) is 3.60. The summed E-state index contributed by atoms with van der Waals surface area (Å²) in [6, 6.07) is 2.64. The summed E-state index contributed by atoms with van der Waals surface area (Å²) in [7, 11) is -1.96. The van der Waals surface area contributed by atoms with E-state index in [1.165, 1.54) is 12.1 Å². The number of anilines is 3. The molecule has 0 bridgehead atoms. The van der Waals surface area contributed by atoms with Gasteiger partial charge in [0, 0.05) is 18.8 Å². The Kier molecular flexibility index (Phi) is 5.92. The Morgan fingerprint density at radius 1 is 1.29 bits per heavy atom. The molecular weight excluding hydrogens is 430 g/mol. The Morgan fingerprint density at radius 3 is 2.57 bits per heavy atom. The molecular formula is C16H18ClN3O6S2. The van der Waals surface area contributed by atoms with Crippen LogP contribution in [0.25, 0.3) is 0 Å². The third-order valence-electron chi connectivity index (χ3n) is 4.39. The van der Waals surface area contributed by atoms with Crippen LogP contribution in [0.5, 0.6) is 5.75 Å². The lowest BCUT2D eigenvalue weighted by atomic mass is 10.1. The fourth-order valence-corrected chi connectivity index (χ4v) is 5.47. The van der Waals surface area contributed by atoms with Crippen molar-refractivity contribution < 1.29 is 18.4 Å². The Labute approximate surface area is 170 Å². The number of halogens is 1. The van der Waals surface area contributed by atoms with Gasteiger partial charge in [-0.05, 0) is 24.3 Å². The molecule has 1 aliphatic rings. The largest absolute Gasteiger partial charge is 0.504 e. The monoisotopic (exact) mass is 447 g/mol. The quantitative estimate of drug-likeness (QED) is 0.328. The zero-order chi connectivity index (χ0) is 20.6. The lowest BCUT2D eigenvalue weighted by molar-refractivity contribution is -0.0259. The molecule has 0 radical (unpaired) electrons. The van der Waals surface area contributed by atoms with Crippen LogP contribution in [0, 0.1) is 0 Å². The fraction of sp³-hybridized carbons (Fsp3) is 0.375. The molecule has 152 valence electrons. The molecule has 9 nitrogen and oxygen atoms in total. The molecule has 0 unspecified atom stereocenters. The summed E-state index contributed by atoms with van der Waals surface area (Å²) in [5.74, 6) is 1.09. The van der Waals surface area contributed by atoms with E-state index in [9.17, 15) is 23.1 Å². The second kappa shape index (κ2) is 7.91. The predicted octanol–water partition coefficient (Wildman–Crippen LogP) is 1.48. The highest BCUT2D eigenvalue weighted by atomic mass is 35.5. The van der Waals surface area contributed by atoms with E-state index in [0.29, 0.717) is 4.47 Å². The maximum absolute atomic E-state index is 12.5. The summed E-state index contributed by atoms with van der Waals surface area (Å²) >= 11 is 7.71. The number of benzene rings is 1. The van der Waals surface area contributed by atoms with Crippen LogP contribution in [0.2, 0.25) is 5.02 Å². The molecule has 1 saturated heterocycles. The van der Waals surface area contributed by atoms with E-state index < -0.39 is 31.5 Å². The predicted molar refractivity (Wildman–Crippen MR) is 109 cm³/mol. The molecule has 3 rings (SSSR count). The van der Waals surface area contributed by atoms with E-state index in [-0.39, 0.29) is 28.1 Å². The van der Waals surface area contributed by atoms with Gasteiger partial charge < -0.3 is 15.7 Å². The molecule has 1 fully saturated rings. The summed E-state index contributed by atoms with van der Waals surface area (Å²) in [6.45, 7) is 0. The molecule has 2 aromatic rings. The number of phenols is 1. The summed E-state index contributed by atoms with van der Waals surface area (Å²) < 4.78 is 25.6. The lowest BCUT2D eigenvalue weighted by Gasteiger charge is -2.20. The van der Waals surface area contributed by atoms with Gasteiger partial charge in [0.2, 0.25) is 0 Å². The van der Waals surface area contributed by atoms with Crippen LogP contribution in [0.1, 0.15) is 6.42 Å². The first-order valence-electron chi connectivity index (χ1n) is 8.17. The third-order valence-corrected chi connectivity index (χ3v) is 7.73. The molecule has 0 saturated carbocycles. The van der Waals surface area contributed by atoms with Gasteiger partial charge in [-0.2, -0.15) is 11.8 Å². The van der Waals surface area contributed by atoms with Gasteiger partial charge in [0.25, 0.3) is 20.9 Å². The number of phenolic OH excluding ortho intramolecular Hbond substituents is 1. The second-order valence-corrected chi connectivity index (χ2v) is 9.54. The van der Waals surface area contributed by atoms with Gasteiger partial charge in [0.15, 0.2) is 5.75 Å². The highest BCUT2D eigenvalue weighted by Crippen LogP contribution is 2.40. The summed E-state index contributed by atoms with van der Waals surface area (Å²) in [6.07, 6.45) is 0.862. The number of nitrogens with one attached hydrogen (secondary N) is 2. The molecule has 1 atom stereocenters. The van der Waals surface area contributed by atoms with Gasteiger partial charge in [-0.3, -0.25) is 14.4 Å². The first kappa shape index (κ1) is 20.9. The van der Waals surface area contributed by atoms with Crippen molar-refractivity contribution in [3.8, 4) is 5.75 Å². The van der Waals surface area contributed by atoms with Crippen LogP contribution in [0.3, 0.4) is 0 Å². The van der Waals surface area contributed by atoms with E-state index in [0.717, 1.165) is 32.1 Å². The van der Waals surface area contributed by atoms with Gasteiger partial charge in [0.1, 0.15) is 16.3 Å². The minimum absolute atomic E-state index is 0.0250. The number of nitrogens with zero attached hydrogens (tertiary/aromatic N) is 1. The Balaban J connectivity index is 1.97. The SMILES string of the molecule is CON(C)S(=O)(=O)c1c(Cl)ccc(Nc2c(N[C@H]3CCSC3)c(=O)c2=O)c1O. The van der Waals surface area contributed by atoms with Crippen molar-refractivity contribution in [1.82, 2.24) is 4.47 Å². The molecule has 12 heteroatoms. The molecule has 2 aromatic carbocycles. The highest BCUT2D eigenvalue weighted by Gasteiger charge is 2.31. The van der Waals surface area contributed by atoms with Gasteiger partial charge >= 0.3 is 0 Å². The number of sulfonamides is 1. The van der Waals surface area contributed by atoms with E-state index in [1.807, 2.05) is 0 Å². The number of rotatable bonds is 7. The van der Waals surface area contributed by atoms with E-state index >= 15 is 0 Å². The number of hydrogen-bond donors (Lipinski definition) is 3. The van der Waals surface area contributed by atoms with Crippen LogP contribution < -0.4 is 21.5 Å².